The van der Waals surface area contributed by atoms with Gasteiger partial charge in [0, 0.05) is 0 Å². The molecule has 66 valence electrons. The first kappa shape index (κ1) is 8.72. The van der Waals surface area contributed by atoms with E-state index in [0.717, 1.165) is 4.57 Å². The molecule has 0 aliphatic heterocycles. The van der Waals surface area contributed by atoms with Gasteiger partial charge in [0.1, 0.15) is 6.04 Å². The normalized spacial score (nSPS) is 12.8. The molecule has 0 radical (unpaired) electrons. The molecule has 7 heteroatoms. The zero-order valence-corrected chi connectivity index (χ0v) is 7.14. The van der Waals surface area contributed by atoms with Crippen molar-refractivity contribution in [1.29, 1.82) is 0 Å². The second-order valence-corrected chi connectivity index (χ2v) is 2.70. The average Bonchev–Trinajstić information content (AvgIpc) is 2.30. The number of primary amides is 1. The molecule has 0 aliphatic carbocycles. The molecule has 4 N–H and O–H groups in total. The van der Waals surface area contributed by atoms with Crippen LogP contribution in [0.4, 0.5) is 0 Å². The number of aromatic amines is 2. The summed E-state index contributed by atoms with van der Waals surface area (Å²) in [5, 5.41) is 4.65. The maximum Gasteiger partial charge on any atom is 0.343 e. The molecule has 1 atom stereocenters. The maximum atomic E-state index is 11.0. The monoisotopic (exact) mass is 188 g/mol. The third-order valence-corrected chi connectivity index (χ3v) is 1.81. The summed E-state index contributed by atoms with van der Waals surface area (Å²) in [5.74, 6) is -0.601. The first-order valence-corrected chi connectivity index (χ1v) is 3.63. The van der Waals surface area contributed by atoms with Gasteiger partial charge in [-0.1, -0.05) is 0 Å². The van der Waals surface area contributed by atoms with Crippen LogP contribution in [0.2, 0.25) is 0 Å². The number of nitrogens with two attached hydrogens (primary N) is 1. The second kappa shape index (κ2) is 2.94. The van der Waals surface area contributed by atoms with E-state index in [1.165, 1.54) is 6.92 Å². The lowest BCUT2D eigenvalue weighted by Crippen LogP contribution is -2.30. The highest BCUT2D eigenvalue weighted by atomic mass is 32.1. The number of aromatic nitrogens is 3. The minimum Gasteiger partial charge on any atom is -0.368 e. The lowest BCUT2D eigenvalue weighted by molar-refractivity contribution is -0.120. The average molecular weight is 188 g/mol. The Morgan fingerprint density at radius 1 is 1.67 bits per heavy atom. The van der Waals surface area contributed by atoms with Gasteiger partial charge < -0.3 is 5.73 Å². The van der Waals surface area contributed by atoms with Crippen LogP contribution in [0.3, 0.4) is 0 Å². The molecule has 0 bridgehead atoms. The van der Waals surface area contributed by atoms with Crippen LogP contribution in [0.5, 0.6) is 0 Å². The summed E-state index contributed by atoms with van der Waals surface area (Å²) < 4.78 is 1.24. The third-order valence-electron chi connectivity index (χ3n) is 1.51. The number of hydrogen-bond acceptors (Lipinski definition) is 3. The van der Waals surface area contributed by atoms with E-state index in [1.807, 2.05) is 0 Å². The molecule has 1 aromatic rings. The summed E-state index contributed by atoms with van der Waals surface area (Å²) in [5.41, 5.74) is 4.53. The van der Waals surface area contributed by atoms with Crippen LogP contribution in [-0.2, 0) is 4.79 Å². The predicted molar refractivity (Wildman–Crippen MR) is 44.1 cm³/mol. The summed E-state index contributed by atoms with van der Waals surface area (Å²) in [6, 6.07) is -0.729. The van der Waals surface area contributed by atoms with Crippen molar-refractivity contribution in [3.8, 4) is 0 Å². The molecule has 0 spiro atoms. The van der Waals surface area contributed by atoms with Crippen molar-refractivity contribution >= 4 is 18.1 Å². The van der Waals surface area contributed by atoms with Crippen molar-refractivity contribution in [1.82, 2.24) is 14.8 Å². The first-order valence-electron chi connectivity index (χ1n) is 3.22. The SMILES string of the molecule is CC(C(N)=O)n1c(=O)[nH][nH]c1=S. The zero-order chi connectivity index (χ0) is 9.30. The molecule has 1 unspecified atom stereocenters. The van der Waals surface area contributed by atoms with E-state index in [1.54, 1.807) is 0 Å². The second-order valence-electron chi connectivity index (χ2n) is 2.31. The van der Waals surface area contributed by atoms with Crippen LogP contribution in [-0.4, -0.2) is 20.7 Å². The molecule has 0 aromatic carbocycles. The van der Waals surface area contributed by atoms with Crippen LogP contribution in [0.15, 0.2) is 4.79 Å². The number of amides is 1. The fourth-order valence-corrected chi connectivity index (χ4v) is 1.09. The van der Waals surface area contributed by atoms with Crippen LogP contribution < -0.4 is 11.4 Å². The van der Waals surface area contributed by atoms with Crippen molar-refractivity contribution in [3.05, 3.63) is 15.3 Å². The summed E-state index contributed by atoms with van der Waals surface area (Å²) in [7, 11) is 0. The van der Waals surface area contributed by atoms with Crippen molar-refractivity contribution < 1.29 is 4.79 Å². The Morgan fingerprint density at radius 2 is 2.25 bits per heavy atom. The number of rotatable bonds is 2. The number of hydrogen-bond donors (Lipinski definition) is 3. The van der Waals surface area contributed by atoms with Gasteiger partial charge in [-0.2, -0.15) is 0 Å². The van der Waals surface area contributed by atoms with Crippen LogP contribution in [0.1, 0.15) is 13.0 Å². The summed E-state index contributed by atoms with van der Waals surface area (Å²) in [6.07, 6.45) is 0. The molecular formula is C5H8N4O2S. The van der Waals surface area contributed by atoms with Crippen molar-refractivity contribution in [2.24, 2.45) is 5.73 Å². The number of H-pyrrole nitrogens is 2. The van der Waals surface area contributed by atoms with Gasteiger partial charge in [-0.3, -0.25) is 14.5 Å². The molecule has 12 heavy (non-hydrogen) atoms. The van der Waals surface area contributed by atoms with E-state index in [4.69, 9.17) is 18.0 Å². The summed E-state index contributed by atoms with van der Waals surface area (Å²) in [4.78, 5) is 21.7. The van der Waals surface area contributed by atoms with E-state index in [9.17, 15) is 9.59 Å². The van der Waals surface area contributed by atoms with Crippen molar-refractivity contribution in [2.75, 3.05) is 0 Å². The number of nitrogens with one attached hydrogen (secondary N) is 2. The highest BCUT2D eigenvalue weighted by Crippen LogP contribution is 1.99. The Morgan fingerprint density at radius 3 is 2.58 bits per heavy atom. The van der Waals surface area contributed by atoms with Gasteiger partial charge in [-0.05, 0) is 19.1 Å². The van der Waals surface area contributed by atoms with Crippen molar-refractivity contribution in [2.45, 2.75) is 13.0 Å². The molecule has 0 aliphatic rings. The van der Waals surface area contributed by atoms with E-state index < -0.39 is 17.6 Å². The fourth-order valence-electron chi connectivity index (χ4n) is 0.799. The van der Waals surface area contributed by atoms with E-state index >= 15 is 0 Å². The lowest BCUT2D eigenvalue weighted by Gasteiger charge is -2.04. The van der Waals surface area contributed by atoms with Crippen LogP contribution in [0.25, 0.3) is 0 Å². The minimum atomic E-state index is -0.729. The summed E-state index contributed by atoms with van der Waals surface area (Å²) in [6.45, 7) is 1.50. The maximum absolute atomic E-state index is 11.0. The number of carbonyl (C=O) groups excluding carboxylic acids is 1. The van der Waals surface area contributed by atoms with Gasteiger partial charge in [-0.15, -0.1) is 0 Å². The highest BCUT2D eigenvalue weighted by molar-refractivity contribution is 7.71. The third kappa shape index (κ3) is 1.30. The Kier molecular flexibility index (Phi) is 2.13. The van der Waals surface area contributed by atoms with Crippen molar-refractivity contribution in [3.63, 3.8) is 0 Å². The van der Waals surface area contributed by atoms with Gasteiger partial charge in [0.15, 0.2) is 4.77 Å². The highest BCUT2D eigenvalue weighted by Gasteiger charge is 2.14. The van der Waals surface area contributed by atoms with Gasteiger partial charge in [0.25, 0.3) is 0 Å². The number of nitrogens with zero attached hydrogens (tertiary/aromatic N) is 1. The largest absolute Gasteiger partial charge is 0.368 e. The standard InChI is InChI=1S/C5H8N4O2S/c1-2(3(6)10)9-4(11)7-8-5(9)12/h2H,1H3,(H2,6,10)(H,7,11)(H,8,12). The Balaban J connectivity index is 3.27. The Hall–Kier alpha value is -1.37. The van der Waals surface area contributed by atoms with Gasteiger partial charge in [0.05, 0.1) is 0 Å². The van der Waals surface area contributed by atoms with Gasteiger partial charge in [-0.25, -0.2) is 9.89 Å². The molecule has 0 fully saturated rings. The summed E-state index contributed by atoms with van der Waals surface area (Å²) >= 11 is 4.74. The fraction of sp³-hybridized carbons (Fsp3) is 0.400. The van der Waals surface area contributed by atoms with E-state index in [2.05, 4.69) is 10.2 Å². The predicted octanol–water partition coefficient (Wildman–Crippen LogP) is -0.720. The van der Waals surface area contributed by atoms with Gasteiger partial charge in [0.2, 0.25) is 5.91 Å². The molecule has 1 rings (SSSR count). The molecule has 1 aromatic heterocycles. The molecule has 6 nitrogen and oxygen atoms in total. The molecule has 1 amide bonds. The van der Waals surface area contributed by atoms with Crippen LogP contribution in [0, 0.1) is 4.77 Å². The quantitative estimate of drug-likeness (QED) is 0.534. The molecule has 0 saturated heterocycles. The molecular weight excluding hydrogens is 180 g/mol. The number of carbonyl (C=O) groups is 1. The lowest BCUT2D eigenvalue weighted by atomic mass is 10.3. The molecule has 0 saturated carbocycles. The topological polar surface area (TPSA) is 96.7 Å². The van der Waals surface area contributed by atoms with Crippen LogP contribution >= 0.6 is 12.2 Å². The first-order chi connectivity index (χ1) is 5.54. The Bertz CT molecular complexity index is 373. The zero-order valence-electron chi connectivity index (χ0n) is 6.33. The smallest absolute Gasteiger partial charge is 0.343 e. The van der Waals surface area contributed by atoms with Gasteiger partial charge >= 0.3 is 5.69 Å². The van der Waals surface area contributed by atoms with E-state index in [0.29, 0.717) is 0 Å². The van der Waals surface area contributed by atoms with E-state index in [-0.39, 0.29) is 4.77 Å². The molecule has 1 heterocycles. The minimum absolute atomic E-state index is 0.159. The Labute approximate surface area is 72.4 Å².